The molecular weight excluding hydrogens is 410 g/mol. The van der Waals surface area contributed by atoms with E-state index in [1.165, 1.54) is 38.7 Å². The van der Waals surface area contributed by atoms with Crippen LogP contribution in [0.25, 0.3) is 22.9 Å². The first-order valence-electron chi connectivity index (χ1n) is 11.6. The number of anilines is 3. The Balaban J connectivity index is 1.93. The first kappa shape index (κ1) is 23.1. The van der Waals surface area contributed by atoms with Gasteiger partial charge >= 0.3 is 0 Å². The second-order valence-corrected chi connectivity index (χ2v) is 8.54. The molecule has 0 amide bonds. The third-order valence-corrected chi connectivity index (χ3v) is 6.33. The van der Waals surface area contributed by atoms with Crippen molar-refractivity contribution >= 4 is 40.0 Å². The molecular formula is C33H31N. The third kappa shape index (κ3) is 4.65. The zero-order chi connectivity index (χ0) is 24.1. The number of aryl methyl sites for hydroxylation is 2. The van der Waals surface area contributed by atoms with Crippen molar-refractivity contribution in [2.75, 3.05) is 4.90 Å². The van der Waals surface area contributed by atoms with Gasteiger partial charge in [-0.05, 0) is 95.8 Å². The van der Waals surface area contributed by atoms with Crippen molar-refractivity contribution in [3.63, 3.8) is 0 Å². The average Bonchev–Trinajstić information content (AvgIpc) is 2.85. The number of para-hydroxylation sites is 1. The van der Waals surface area contributed by atoms with Crippen molar-refractivity contribution in [3.8, 4) is 0 Å². The molecule has 168 valence electrons. The summed E-state index contributed by atoms with van der Waals surface area (Å²) < 4.78 is 0. The predicted molar refractivity (Wildman–Crippen MR) is 151 cm³/mol. The highest BCUT2D eigenvalue weighted by Crippen LogP contribution is 2.38. The van der Waals surface area contributed by atoms with E-state index < -0.39 is 0 Å². The minimum absolute atomic E-state index is 1.13. The van der Waals surface area contributed by atoms with Gasteiger partial charge in [-0.3, -0.25) is 0 Å². The highest BCUT2D eigenvalue weighted by atomic mass is 15.1. The minimum Gasteiger partial charge on any atom is -0.310 e. The van der Waals surface area contributed by atoms with Crippen molar-refractivity contribution in [2.24, 2.45) is 0 Å². The molecule has 0 bridgehead atoms. The van der Waals surface area contributed by atoms with Gasteiger partial charge in [0.05, 0.1) is 0 Å². The van der Waals surface area contributed by atoms with E-state index in [9.17, 15) is 0 Å². The molecule has 0 spiro atoms. The smallest absolute Gasteiger partial charge is 0.0468 e. The minimum atomic E-state index is 1.13. The lowest BCUT2D eigenvalue weighted by Crippen LogP contribution is -2.10. The second kappa shape index (κ2) is 10.2. The molecule has 0 unspecified atom stereocenters. The molecule has 1 nitrogen and oxygen atoms in total. The van der Waals surface area contributed by atoms with E-state index in [4.69, 9.17) is 0 Å². The molecule has 0 heterocycles. The lowest BCUT2D eigenvalue weighted by molar-refractivity contribution is 1.22. The predicted octanol–water partition coefficient (Wildman–Crippen LogP) is 9.63. The number of nitrogens with zero attached hydrogens (tertiary/aromatic N) is 1. The van der Waals surface area contributed by atoms with Crippen molar-refractivity contribution in [1.29, 1.82) is 0 Å². The van der Waals surface area contributed by atoms with E-state index in [1.54, 1.807) is 6.08 Å². The first-order valence-corrected chi connectivity index (χ1v) is 11.6. The number of fused-ring (bicyclic) bond motifs is 1. The monoisotopic (exact) mass is 441 g/mol. The largest absolute Gasteiger partial charge is 0.310 e. The van der Waals surface area contributed by atoms with Crippen LogP contribution < -0.4 is 4.90 Å². The second-order valence-electron chi connectivity index (χ2n) is 8.54. The standard InChI is InChI=1S/C33H31N/c1-6-8-13-27-17-18-28-23-30(19-20-33(28)32(27)16-9-7-2)34(29-14-11-10-12-15-29)31-21-24(3)26(5)25(4)22-31/h6-23H,1-2H2,3-5H3/b13-8-,16-9-. The van der Waals surface area contributed by atoms with Crippen LogP contribution in [0.1, 0.15) is 27.8 Å². The van der Waals surface area contributed by atoms with Crippen molar-refractivity contribution in [2.45, 2.75) is 20.8 Å². The Bertz CT molecular complexity index is 1380. The van der Waals surface area contributed by atoms with Gasteiger partial charge in [-0.1, -0.05) is 86.0 Å². The van der Waals surface area contributed by atoms with Gasteiger partial charge in [-0.2, -0.15) is 0 Å². The summed E-state index contributed by atoms with van der Waals surface area (Å²) in [4.78, 5) is 2.34. The van der Waals surface area contributed by atoms with Crippen LogP contribution in [0.4, 0.5) is 17.1 Å². The molecule has 0 aliphatic carbocycles. The molecule has 0 aliphatic heterocycles. The third-order valence-electron chi connectivity index (χ3n) is 6.33. The Morgan fingerprint density at radius 2 is 1.32 bits per heavy atom. The summed E-state index contributed by atoms with van der Waals surface area (Å²) in [6, 6.07) is 26.2. The molecule has 0 atom stereocenters. The molecule has 0 radical (unpaired) electrons. The highest BCUT2D eigenvalue weighted by Gasteiger charge is 2.15. The number of hydrogen-bond acceptors (Lipinski definition) is 1. The fraction of sp³-hybridized carbons (Fsp3) is 0.0909. The number of hydrogen-bond donors (Lipinski definition) is 0. The Morgan fingerprint density at radius 1 is 0.647 bits per heavy atom. The van der Waals surface area contributed by atoms with Crippen LogP contribution in [0.15, 0.2) is 110 Å². The summed E-state index contributed by atoms with van der Waals surface area (Å²) in [7, 11) is 0. The van der Waals surface area contributed by atoms with Gasteiger partial charge in [0.2, 0.25) is 0 Å². The topological polar surface area (TPSA) is 3.24 Å². The van der Waals surface area contributed by atoms with E-state index in [-0.39, 0.29) is 0 Å². The zero-order valence-corrected chi connectivity index (χ0v) is 20.3. The van der Waals surface area contributed by atoms with E-state index in [1.807, 2.05) is 18.2 Å². The van der Waals surface area contributed by atoms with E-state index in [0.29, 0.717) is 0 Å². The van der Waals surface area contributed by atoms with Crippen LogP contribution in [-0.4, -0.2) is 0 Å². The van der Waals surface area contributed by atoms with E-state index in [2.05, 4.69) is 124 Å². The van der Waals surface area contributed by atoms with Crippen LogP contribution in [-0.2, 0) is 0 Å². The van der Waals surface area contributed by atoms with E-state index in [0.717, 1.165) is 16.9 Å². The normalized spacial score (nSPS) is 11.4. The van der Waals surface area contributed by atoms with Gasteiger partial charge in [0.25, 0.3) is 0 Å². The van der Waals surface area contributed by atoms with E-state index >= 15 is 0 Å². The SMILES string of the molecule is C=C/C=C\c1ccc2cc(N(c3ccccc3)c3cc(C)c(C)c(C)c3)ccc2c1/C=C\C=C. The van der Waals surface area contributed by atoms with Crippen LogP contribution in [0, 0.1) is 20.8 Å². The maximum Gasteiger partial charge on any atom is 0.0468 e. The highest BCUT2D eigenvalue weighted by molar-refractivity contribution is 5.97. The molecule has 4 aromatic rings. The Morgan fingerprint density at radius 3 is 2.00 bits per heavy atom. The molecule has 0 aromatic heterocycles. The van der Waals surface area contributed by atoms with Gasteiger partial charge < -0.3 is 4.90 Å². The Kier molecular flexibility index (Phi) is 6.94. The molecule has 0 fully saturated rings. The Labute approximate surface area is 203 Å². The number of allylic oxidation sites excluding steroid dienone is 4. The molecule has 0 saturated carbocycles. The molecule has 0 N–H and O–H groups in total. The number of rotatable bonds is 7. The van der Waals surface area contributed by atoms with Crippen molar-refractivity contribution in [3.05, 3.63) is 138 Å². The maximum absolute atomic E-state index is 3.84. The fourth-order valence-corrected chi connectivity index (χ4v) is 4.33. The van der Waals surface area contributed by atoms with Crippen LogP contribution in [0.5, 0.6) is 0 Å². The average molecular weight is 442 g/mol. The summed E-state index contributed by atoms with van der Waals surface area (Å²) in [5.41, 5.74) is 9.71. The number of benzene rings is 4. The molecule has 1 heteroatoms. The molecule has 0 saturated heterocycles. The van der Waals surface area contributed by atoms with Gasteiger partial charge in [-0.25, -0.2) is 0 Å². The maximum atomic E-state index is 3.84. The lowest BCUT2D eigenvalue weighted by atomic mass is 9.97. The summed E-state index contributed by atoms with van der Waals surface area (Å²) in [6.07, 6.45) is 11.8. The van der Waals surface area contributed by atoms with Gasteiger partial charge in [0, 0.05) is 17.1 Å². The first-order chi connectivity index (χ1) is 16.5. The van der Waals surface area contributed by atoms with Crippen LogP contribution >= 0.6 is 0 Å². The summed E-state index contributed by atoms with van der Waals surface area (Å²) in [5, 5.41) is 2.40. The van der Waals surface area contributed by atoms with Gasteiger partial charge in [-0.15, -0.1) is 0 Å². The lowest BCUT2D eigenvalue weighted by Gasteiger charge is -2.27. The van der Waals surface area contributed by atoms with Crippen LogP contribution in [0.2, 0.25) is 0 Å². The summed E-state index contributed by atoms with van der Waals surface area (Å²) >= 11 is 0. The quantitative estimate of drug-likeness (QED) is 0.258. The van der Waals surface area contributed by atoms with Gasteiger partial charge in [0.1, 0.15) is 0 Å². The Hall–Kier alpha value is -4.10. The van der Waals surface area contributed by atoms with Gasteiger partial charge in [0.15, 0.2) is 0 Å². The fourth-order valence-electron chi connectivity index (χ4n) is 4.33. The van der Waals surface area contributed by atoms with Crippen molar-refractivity contribution in [1.82, 2.24) is 0 Å². The zero-order valence-electron chi connectivity index (χ0n) is 20.3. The summed E-state index contributed by atoms with van der Waals surface area (Å²) in [6.45, 7) is 14.2. The molecule has 0 aliphatic rings. The summed E-state index contributed by atoms with van der Waals surface area (Å²) in [5.74, 6) is 0. The van der Waals surface area contributed by atoms with Crippen molar-refractivity contribution < 1.29 is 0 Å². The molecule has 34 heavy (non-hydrogen) atoms. The molecule has 4 aromatic carbocycles. The molecule has 4 rings (SSSR count). The van der Waals surface area contributed by atoms with Crippen LogP contribution in [0.3, 0.4) is 0 Å².